The van der Waals surface area contributed by atoms with Gasteiger partial charge in [-0.05, 0) is 37.5 Å². The number of carboxylic acid groups (broad SMARTS) is 1. The van der Waals surface area contributed by atoms with Crippen molar-refractivity contribution in [2.24, 2.45) is 5.41 Å². The van der Waals surface area contributed by atoms with Crippen LogP contribution in [0.1, 0.15) is 42.6 Å². The number of benzene rings is 1. The van der Waals surface area contributed by atoms with E-state index in [0.29, 0.717) is 12.1 Å². The molecule has 0 heterocycles. The summed E-state index contributed by atoms with van der Waals surface area (Å²) >= 11 is 0. The van der Waals surface area contributed by atoms with Gasteiger partial charge in [-0.2, -0.15) is 0 Å². The first-order valence-electron chi connectivity index (χ1n) is 6.67. The lowest BCUT2D eigenvalue weighted by atomic mass is 9.83. The summed E-state index contributed by atoms with van der Waals surface area (Å²) in [6.07, 6.45) is 1.76. The highest BCUT2D eigenvalue weighted by molar-refractivity contribution is 5.91. The number of nitrogens with one attached hydrogen (secondary N) is 1. The van der Waals surface area contributed by atoms with Crippen molar-refractivity contribution >= 4 is 11.7 Å². The van der Waals surface area contributed by atoms with Gasteiger partial charge in [0.25, 0.3) is 0 Å². The molecular weight excluding hydrogens is 242 g/mol. The maximum atomic E-state index is 11.1. The molecule has 1 aromatic rings. The zero-order valence-corrected chi connectivity index (χ0v) is 11.9. The van der Waals surface area contributed by atoms with Gasteiger partial charge < -0.3 is 15.5 Å². The molecule has 0 saturated carbocycles. The Hall–Kier alpha value is -1.55. The molecule has 0 aliphatic rings. The number of carboxylic acids is 1. The normalized spacial score (nSPS) is 11.4. The minimum Gasteiger partial charge on any atom is -0.478 e. The molecule has 0 radical (unpaired) electrons. The lowest BCUT2D eigenvalue weighted by Crippen LogP contribution is -2.32. The van der Waals surface area contributed by atoms with E-state index in [9.17, 15) is 9.90 Å². The van der Waals surface area contributed by atoms with Crippen LogP contribution in [-0.4, -0.2) is 29.3 Å². The number of rotatable bonds is 7. The maximum absolute atomic E-state index is 11.1. The Kier molecular flexibility index (Phi) is 5.36. The summed E-state index contributed by atoms with van der Waals surface area (Å²) in [6.45, 7) is 6.68. The quantitative estimate of drug-likeness (QED) is 0.709. The summed E-state index contributed by atoms with van der Waals surface area (Å²) in [5.41, 5.74) is 1.72. The zero-order valence-electron chi connectivity index (χ0n) is 11.9. The van der Waals surface area contributed by atoms with E-state index in [1.54, 1.807) is 19.1 Å². The van der Waals surface area contributed by atoms with Gasteiger partial charge in [-0.1, -0.05) is 19.9 Å². The van der Waals surface area contributed by atoms with E-state index in [0.717, 1.165) is 24.1 Å². The molecule has 3 N–H and O–H groups in total. The van der Waals surface area contributed by atoms with E-state index in [2.05, 4.69) is 19.2 Å². The fourth-order valence-corrected chi connectivity index (χ4v) is 2.12. The molecule has 0 spiro atoms. The number of hydrogen-bond donors (Lipinski definition) is 3. The lowest BCUT2D eigenvalue weighted by molar-refractivity contribution is 0.0696. The molecule has 0 aliphatic heterocycles. The van der Waals surface area contributed by atoms with Crippen LogP contribution in [-0.2, 0) is 0 Å². The van der Waals surface area contributed by atoms with Crippen LogP contribution >= 0.6 is 0 Å². The number of aliphatic hydroxyl groups is 1. The minimum absolute atomic E-state index is 0.130. The first-order valence-corrected chi connectivity index (χ1v) is 6.67. The highest BCUT2D eigenvalue weighted by Crippen LogP contribution is 2.27. The average Bonchev–Trinajstić information content (AvgIpc) is 2.42. The Labute approximate surface area is 114 Å². The Morgan fingerprint density at radius 3 is 2.42 bits per heavy atom. The largest absolute Gasteiger partial charge is 0.478 e. The second-order valence-electron chi connectivity index (χ2n) is 5.00. The molecule has 0 saturated heterocycles. The van der Waals surface area contributed by atoms with Crippen molar-refractivity contribution in [1.29, 1.82) is 0 Å². The fraction of sp³-hybridized carbons (Fsp3) is 0.533. The van der Waals surface area contributed by atoms with Crippen LogP contribution in [0.4, 0.5) is 5.69 Å². The van der Waals surface area contributed by atoms with Crippen molar-refractivity contribution in [3.63, 3.8) is 0 Å². The first-order chi connectivity index (χ1) is 8.99. The second-order valence-corrected chi connectivity index (χ2v) is 5.00. The molecule has 0 amide bonds. The molecule has 106 valence electrons. The molecule has 4 nitrogen and oxygen atoms in total. The summed E-state index contributed by atoms with van der Waals surface area (Å²) in [6, 6.07) is 5.20. The summed E-state index contributed by atoms with van der Waals surface area (Å²) < 4.78 is 0. The molecule has 1 aromatic carbocycles. The Balaban J connectivity index is 2.89. The summed E-state index contributed by atoms with van der Waals surface area (Å²) in [5.74, 6) is -0.916. The molecule has 1 rings (SSSR count). The first kappa shape index (κ1) is 15.5. The van der Waals surface area contributed by atoms with Gasteiger partial charge in [-0.3, -0.25) is 0 Å². The third-order valence-corrected chi connectivity index (χ3v) is 4.05. The molecule has 0 aromatic heterocycles. The van der Waals surface area contributed by atoms with Gasteiger partial charge in [-0.15, -0.1) is 0 Å². The maximum Gasteiger partial charge on any atom is 0.336 e. The standard InChI is InChI=1S/C15H23NO3/c1-4-15(5-2,10-17)9-16-13-8-6-7-12(11(13)3)14(18)19/h6-8,16-17H,4-5,9-10H2,1-3H3,(H,18,19). The smallest absolute Gasteiger partial charge is 0.336 e. The summed E-state index contributed by atoms with van der Waals surface area (Å²) in [5, 5.41) is 21.9. The Morgan fingerprint density at radius 2 is 1.95 bits per heavy atom. The highest BCUT2D eigenvalue weighted by Gasteiger charge is 2.25. The third kappa shape index (κ3) is 3.47. The summed E-state index contributed by atoms with van der Waals surface area (Å²) in [7, 11) is 0. The molecule has 0 fully saturated rings. The van der Waals surface area contributed by atoms with E-state index in [1.807, 2.05) is 6.07 Å². The Bertz CT molecular complexity index is 431. The molecule has 0 atom stereocenters. The van der Waals surface area contributed by atoms with E-state index in [4.69, 9.17) is 5.11 Å². The van der Waals surface area contributed by atoms with Crippen molar-refractivity contribution < 1.29 is 15.0 Å². The number of aromatic carboxylic acids is 1. The zero-order chi connectivity index (χ0) is 14.5. The van der Waals surface area contributed by atoms with E-state index < -0.39 is 5.97 Å². The average molecular weight is 265 g/mol. The second kappa shape index (κ2) is 6.57. The van der Waals surface area contributed by atoms with Gasteiger partial charge in [0.15, 0.2) is 0 Å². The fourth-order valence-electron chi connectivity index (χ4n) is 2.12. The number of carbonyl (C=O) groups is 1. The lowest BCUT2D eigenvalue weighted by Gasteiger charge is -2.30. The Morgan fingerprint density at radius 1 is 1.32 bits per heavy atom. The van der Waals surface area contributed by atoms with Crippen LogP contribution in [0.2, 0.25) is 0 Å². The van der Waals surface area contributed by atoms with Crippen LogP contribution < -0.4 is 5.32 Å². The van der Waals surface area contributed by atoms with Gasteiger partial charge in [-0.25, -0.2) is 4.79 Å². The van der Waals surface area contributed by atoms with Crippen molar-refractivity contribution in [3.8, 4) is 0 Å². The number of anilines is 1. The van der Waals surface area contributed by atoms with E-state index in [-0.39, 0.29) is 12.0 Å². The molecular formula is C15H23NO3. The predicted molar refractivity (Wildman–Crippen MR) is 76.7 cm³/mol. The van der Waals surface area contributed by atoms with Crippen LogP contribution in [0.15, 0.2) is 18.2 Å². The molecule has 0 bridgehead atoms. The van der Waals surface area contributed by atoms with Crippen LogP contribution in [0.3, 0.4) is 0 Å². The van der Waals surface area contributed by atoms with Gasteiger partial charge in [0.2, 0.25) is 0 Å². The van der Waals surface area contributed by atoms with Crippen molar-refractivity contribution in [1.82, 2.24) is 0 Å². The van der Waals surface area contributed by atoms with Crippen molar-refractivity contribution in [2.75, 3.05) is 18.5 Å². The molecule has 19 heavy (non-hydrogen) atoms. The van der Waals surface area contributed by atoms with Crippen LogP contribution in [0.25, 0.3) is 0 Å². The highest BCUT2D eigenvalue weighted by atomic mass is 16.4. The van der Waals surface area contributed by atoms with Crippen molar-refractivity contribution in [2.45, 2.75) is 33.6 Å². The summed E-state index contributed by atoms with van der Waals surface area (Å²) in [4.78, 5) is 11.1. The minimum atomic E-state index is -0.916. The van der Waals surface area contributed by atoms with Crippen molar-refractivity contribution in [3.05, 3.63) is 29.3 Å². The number of aliphatic hydroxyl groups excluding tert-OH is 1. The monoisotopic (exact) mass is 265 g/mol. The third-order valence-electron chi connectivity index (χ3n) is 4.05. The van der Waals surface area contributed by atoms with E-state index in [1.165, 1.54) is 0 Å². The van der Waals surface area contributed by atoms with Gasteiger partial charge in [0, 0.05) is 17.6 Å². The van der Waals surface area contributed by atoms with E-state index >= 15 is 0 Å². The molecule has 4 heteroatoms. The van der Waals surface area contributed by atoms with Gasteiger partial charge in [0.05, 0.1) is 12.2 Å². The number of hydrogen-bond acceptors (Lipinski definition) is 3. The topological polar surface area (TPSA) is 69.6 Å². The van der Waals surface area contributed by atoms with Gasteiger partial charge >= 0.3 is 5.97 Å². The molecule has 0 unspecified atom stereocenters. The van der Waals surface area contributed by atoms with Crippen LogP contribution in [0, 0.1) is 12.3 Å². The SMILES string of the molecule is CCC(CC)(CO)CNc1cccc(C(=O)O)c1C. The molecule has 0 aliphatic carbocycles. The van der Waals surface area contributed by atoms with Crippen LogP contribution in [0.5, 0.6) is 0 Å². The predicted octanol–water partition coefficient (Wildman–Crippen LogP) is 2.90. The van der Waals surface area contributed by atoms with Gasteiger partial charge in [0.1, 0.15) is 0 Å².